The van der Waals surface area contributed by atoms with Crippen molar-refractivity contribution in [3.8, 4) is 0 Å². The molecule has 0 saturated carbocycles. The quantitative estimate of drug-likeness (QED) is 0.538. The zero-order valence-electron chi connectivity index (χ0n) is 15.4. The van der Waals surface area contributed by atoms with Crippen molar-refractivity contribution in [1.82, 2.24) is 15.5 Å². The molecule has 2 N–H and O–H groups in total. The van der Waals surface area contributed by atoms with Crippen LogP contribution in [0.5, 0.6) is 0 Å². The molecule has 24 heavy (non-hydrogen) atoms. The lowest BCUT2D eigenvalue weighted by Gasteiger charge is -2.18. The summed E-state index contributed by atoms with van der Waals surface area (Å²) < 4.78 is 0. The van der Waals surface area contributed by atoms with Crippen LogP contribution in [0, 0.1) is 0 Å². The van der Waals surface area contributed by atoms with Crippen molar-refractivity contribution in [2.24, 2.45) is 0 Å². The van der Waals surface area contributed by atoms with Gasteiger partial charge in [-0.2, -0.15) is 0 Å². The summed E-state index contributed by atoms with van der Waals surface area (Å²) in [5.41, 5.74) is 2.25. The fraction of sp³-hybridized carbons (Fsp3) is 0.579. The third-order valence-electron chi connectivity index (χ3n) is 4.27. The third kappa shape index (κ3) is 6.71. The molecule has 0 aliphatic carbocycles. The summed E-state index contributed by atoms with van der Waals surface area (Å²) in [6.45, 7) is 11.7. The van der Waals surface area contributed by atoms with Crippen LogP contribution in [0.1, 0.15) is 51.3 Å². The molecular formula is C19H31N3O2. The van der Waals surface area contributed by atoms with Gasteiger partial charge in [0.2, 0.25) is 0 Å². The average molecular weight is 333 g/mol. The van der Waals surface area contributed by atoms with Crippen molar-refractivity contribution in [2.45, 2.75) is 46.6 Å². The van der Waals surface area contributed by atoms with E-state index in [9.17, 15) is 9.59 Å². The van der Waals surface area contributed by atoms with E-state index in [2.05, 4.69) is 36.3 Å². The molecule has 1 unspecified atom stereocenters. The number of nitrogens with one attached hydrogen (secondary N) is 2. The minimum atomic E-state index is -0.579. The molecule has 1 rings (SSSR count). The van der Waals surface area contributed by atoms with Gasteiger partial charge >= 0.3 is 11.8 Å². The first-order valence-corrected chi connectivity index (χ1v) is 8.91. The Balaban J connectivity index is 2.36. The largest absolute Gasteiger partial charge is 0.348 e. The fourth-order valence-electron chi connectivity index (χ4n) is 2.51. The summed E-state index contributed by atoms with van der Waals surface area (Å²) >= 11 is 0. The first-order chi connectivity index (χ1) is 11.5. The second-order valence-corrected chi connectivity index (χ2v) is 5.93. The lowest BCUT2D eigenvalue weighted by Crippen LogP contribution is -2.41. The Bertz CT molecular complexity index is 510. The van der Waals surface area contributed by atoms with Gasteiger partial charge in [0.25, 0.3) is 0 Å². The topological polar surface area (TPSA) is 61.4 Å². The van der Waals surface area contributed by atoms with Crippen LogP contribution in [0.3, 0.4) is 0 Å². The first-order valence-electron chi connectivity index (χ1n) is 8.91. The van der Waals surface area contributed by atoms with Crippen molar-refractivity contribution >= 4 is 11.8 Å². The van der Waals surface area contributed by atoms with Crippen molar-refractivity contribution in [1.29, 1.82) is 0 Å². The summed E-state index contributed by atoms with van der Waals surface area (Å²) in [5, 5.41) is 5.43. The Kier molecular flexibility index (Phi) is 9.08. The smallest absolute Gasteiger partial charge is 0.309 e. The van der Waals surface area contributed by atoms with Gasteiger partial charge in [-0.05, 0) is 50.5 Å². The standard InChI is InChI=1S/C19H31N3O2/c1-5-16-9-11-17(12-10-16)15(4)21-19(24)18(23)20-13-8-14-22(6-2)7-3/h9-12,15H,5-8,13-14H2,1-4H3,(H,20,23)(H,21,24). The summed E-state index contributed by atoms with van der Waals surface area (Å²) in [6.07, 6.45) is 1.83. The molecule has 0 heterocycles. The maximum absolute atomic E-state index is 12.0. The van der Waals surface area contributed by atoms with Gasteiger partial charge in [0.1, 0.15) is 0 Å². The lowest BCUT2D eigenvalue weighted by molar-refractivity contribution is -0.139. The molecule has 1 aromatic carbocycles. The van der Waals surface area contributed by atoms with Gasteiger partial charge in [0.05, 0.1) is 6.04 Å². The van der Waals surface area contributed by atoms with Gasteiger partial charge in [-0.15, -0.1) is 0 Å². The van der Waals surface area contributed by atoms with Crippen LogP contribution in [0.2, 0.25) is 0 Å². The number of carbonyl (C=O) groups is 2. The molecule has 1 atom stereocenters. The summed E-state index contributed by atoms with van der Waals surface area (Å²) in [7, 11) is 0. The Morgan fingerprint density at radius 1 is 1.04 bits per heavy atom. The Labute approximate surface area is 145 Å². The second kappa shape index (κ2) is 10.8. The van der Waals surface area contributed by atoms with E-state index in [1.165, 1.54) is 5.56 Å². The van der Waals surface area contributed by atoms with E-state index in [1.807, 2.05) is 31.2 Å². The normalized spacial score (nSPS) is 12.0. The van der Waals surface area contributed by atoms with Crippen LogP contribution in [0.25, 0.3) is 0 Å². The Morgan fingerprint density at radius 2 is 1.67 bits per heavy atom. The van der Waals surface area contributed by atoms with Gasteiger partial charge in [-0.1, -0.05) is 45.0 Å². The maximum Gasteiger partial charge on any atom is 0.309 e. The van der Waals surface area contributed by atoms with Crippen molar-refractivity contribution < 1.29 is 9.59 Å². The molecule has 0 aromatic heterocycles. The van der Waals surface area contributed by atoms with Gasteiger partial charge in [-0.3, -0.25) is 9.59 Å². The predicted octanol–water partition coefficient (Wildman–Crippen LogP) is 2.27. The molecule has 1 aromatic rings. The highest BCUT2D eigenvalue weighted by molar-refractivity contribution is 6.35. The predicted molar refractivity (Wildman–Crippen MR) is 97.8 cm³/mol. The third-order valence-corrected chi connectivity index (χ3v) is 4.27. The van der Waals surface area contributed by atoms with Gasteiger partial charge in [0, 0.05) is 6.54 Å². The molecule has 0 bridgehead atoms. The number of hydrogen-bond donors (Lipinski definition) is 2. The van der Waals surface area contributed by atoms with E-state index in [0.29, 0.717) is 6.54 Å². The zero-order chi connectivity index (χ0) is 17.9. The number of rotatable bonds is 9. The fourth-order valence-corrected chi connectivity index (χ4v) is 2.51. The van der Waals surface area contributed by atoms with Gasteiger partial charge in [0.15, 0.2) is 0 Å². The summed E-state index contributed by atoms with van der Waals surface area (Å²) in [6, 6.07) is 7.89. The Morgan fingerprint density at radius 3 is 2.21 bits per heavy atom. The van der Waals surface area contributed by atoms with Crippen LogP contribution >= 0.6 is 0 Å². The van der Waals surface area contributed by atoms with Crippen molar-refractivity contribution in [3.05, 3.63) is 35.4 Å². The van der Waals surface area contributed by atoms with Crippen LogP contribution in [0.4, 0.5) is 0 Å². The molecule has 0 spiro atoms. The van der Waals surface area contributed by atoms with Crippen LogP contribution < -0.4 is 10.6 Å². The zero-order valence-corrected chi connectivity index (χ0v) is 15.4. The highest BCUT2D eigenvalue weighted by Crippen LogP contribution is 2.13. The molecule has 0 radical (unpaired) electrons. The maximum atomic E-state index is 12.0. The van der Waals surface area contributed by atoms with Crippen molar-refractivity contribution in [3.63, 3.8) is 0 Å². The molecule has 0 saturated heterocycles. The van der Waals surface area contributed by atoms with Gasteiger partial charge in [-0.25, -0.2) is 0 Å². The number of benzene rings is 1. The summed E-state index contributed by atoms with van der Waals surface area (Å²) in [5.74, 6) is -1.14. The van der Waals surface area contributed by atoms with Crippen LogP contribution in [-0.4, -0.2) is 42.9 Å². The van der Waals surface area contributed by atoms with E-state index in [1.54, 1.807) is 0 Å². The first kappa shape index (κ1) is 20.2. The van der Waals surface area contributed by atoms with E-state index in [0.717, 1.165) is 38.0 Å². The average Bonchev–Trinajstić information content (AvgIpc) is 2.61. The second-order valence-electron chi connectivity index (χ2n) is 5.93. The van der Waals surface area contributed by atoms with E-state index in [4.69, 9.17) is 0 Å². The molecule has 0 aliphatic heterocycles. The number of aryl methyl sites for hydroxylation is 1. The van der Waals surface area contributed by atoms with Crippen LogP contribution in [-0.2, 0) is 16.0 Å². The minimum absolute atomic E-state index is 0.190. The number of amides is 2. The SMILES string of the molecule is CCc1ccc(C(C)NC(=O)C(=O)NCCCN(CC)CC)cc1. The number of hydrogen-bond acceptors (Lipinski definition) is 3. The Hall–Kier alpha value is -1.88. The highest BCUT2D eigenvalue weighted by Gasteiger charge is 2.16. The van der Waals surface area contributed by atoms with E-state index >= 15 is 0 Å². The molecule has 0 aliphatic rings. The molecule has 2 amide bonds. The molecule has 134 valence electrons. The van der Waals surface area contributed by atoms with Gasteiger partial charge < -0.3 is 15.5 Å². The monoisotopic (exact) mass is 333 g/mol. The lowest BCUT2D eigenvalue weighted by atomic mass is 10.1. The molecule has 0 fully saturated rings. The van der Waals surface area contributed by atoms with Crippen molar-refractivity contribution in [2.75, 3.05) is 26.2 Å². The summed E-state index contributed by atoms with van der Waals surface area (Å²) in [4.78, 5) is 26.1. The number of carbonyl (C=O) groups excluding carboxylic acids is 2. The number of nitrogens with zero attached hydrogens (tertiary/aromatic N) is 1. The van der Waals surface area contributed by atoms with E-state index in [-0.39, 0.29) is 6.04 Å². The van der Waals surface area contributed by atoms with E-state index < -0.39 is 11.8 Å². The van der Waals surface area contributed by atoms with Crippen LogP contribution in [0.15, 0.2) is 24.3 Å². The molecular weight excluding hydrogens is 302 g/mol. The molecule has 5 nitrogen and oxygen atoms in total. The molecule has 5 heteroatoms. The highest BCUT2D eigenvalue weighted by atomic mass is 16.2. The minimum Gasteiger partial charge on any atom is -0.348 e.